The van der Waals surface area contributed by atoms with E-state index in [1.165, 1.54) is 11.3 Å². The highest BCUT2D eigenvalue weighted by atomic mass is 32.1. The third-order valence-electron chi connectivity index (χ3n) is 1.51. The number of nitrogens with two attached hydrogens (primary N) is 1. The van der Waals surface area contributed by atoms with E-state index < -0.39 is 6.10 Å². The number of hydrogen-bond donors (Lipinski definition) is 3. The molecule has 0 spiro atoms. The van der Waals surface area contributed by atoms with Crippen molar-refractivity contribution in [2.75, 3.05) is 12.3 Å². The second-order valence-electron chi connectivity index (χ2n) is 3.01. The van der Waals surface area contributed by atoms with E-state index >= 15 is 0 Å². The van der Waals surface area contributed by atoms with E-state index in [1.807, 2.05) is 0 Å². The van der Waals surface area contributed by atoms with Gasteiger partial charge < -0.3 is 16.2 Å². The van der Waals surface area contributed by atoms with Gasteiger partial charge in [0, 0.05) is 11.9 Å². The highest BCUT2D eigenvalue weighted by Gasteiger charge is 2.06. The van der Waals surface area contributed by atoms with Crippen LogP contribution in [0.2, 0.25) is 0 Å². The summed E-state index contributed by atoms with van der Waals surface area (Å²) < 4.78 is 0. The lowest BCUT2D eigenvalue weighted by atomic mass is 10.3. The number of hydrogen-bond acceptors (Lipinski definition) is 5. The molecule has 6 heteroatoms. The van der Waals surface area contributed by atoms with Gasteiger partial charge in [0.15, 0.2) is 5.13 Å². The molecule has 0 aromatic carbocycles. The number of nitrogens with one attached hydrogen (secondary N) is 1. The number of thiazole rings is 1. The second-order valence-corrected chi connectivity index (χ2v) is 3.90. The summed E-state index contributed by atoms with van der Waals surface area (Å²) in [6.07, 6.45) is -0.320. The number of carbonyl (C=O) groups is 1. The minimum atomic E-state index is -0.528. The number of carbonyl (C=O) groups excluding carboxylic acids is 1. The van der Waals surface area contributed by atoms with Crippen LogP contribution in [-0.4, -0.2) is 28.6 Å². The van der Waals surface area contributed by atoms with Crippen LogP contribution in [0.4, 0.5) is 5.13 Å². The fourth-order valence-electron chi connectivity index (χ4n) is 0.892. The van der Waals surface area contributed by atoms with Crippen LogP contribution < -0.4 is 11.1 Å². The van der Waals surface area contributed by atoms with Crippen molar-refractivity contribution in [3.63, 3.8) is 0 Å². The molecule has 1 rings (SSSR count). The molecule has 1 heterocycles. The highest BCUT2D eigenvalue weighted by molar-refractivity contribution is 7.13. The Morgan fingerprint density at radius 1 is 1.86 bits per heavy atom. The quantitative estimate of drug-likeness (QED) is 0.647. The molecule has 1 aromatic rings. The van der Waals surface area contributed by atoms with Crippen molar-refractivity contribution in [3.8, 4) is 0 Å². The summed E-state index contributed by atoms with van der Waals surface area (Å²) in [6.45, 7) is 1.87. The maximum atomic E-state index is 11.2. The minimum Gasteiger partial charge on any atom is -0.392 e. The number of nitrogen functional groups attached to an aromatic ring is 1. The highest BCUT2D eigenvalue weighted by Crippen LogP contribution is 2.10. The van der Waals surface area contributed by atoms with Crippen molar-refractivity contribution in [2.45, 2.75) is 19.4 Å². The van der Waals surface area contributed by atoms with Crippen molar-refractivity contribution in [2.24, 2.45) is 0 Å². The van der Waals surface area contributed by atoms with Crippen molar-refractivity contribution in [1.29, 1.82) is 0 Å². The summed E-state index contributed by atoms with van der Waals surface area (Å²) in [6, 6.07) is 0. The first-order chi connectivity index (χ1) is 6.58. The molecule has 5 nitrogen and oxygen atoms in total. The average molecular weight is 215 g/mol. The van der Waals surface area contributed by atoms with E-state index in [9.17, 15) is 4.79 Å². The largest absolute Gasteiger partial charge is 0.392 e. The van der Waals surface area contributed by atoms with E-state index in [4.69, 9.17) is 10.8 Å². The first-order valence-electron chi connectivity index (χ1n) is 4.22. The summed E-state index contributed by atoms with van der Waals surface area (Å²) >= 11 is 1.31. The standard InChI is InChI=1S/C8H13N3O2S/c1-5(12)3-10-7(13)2-6-4-14-8(9)11-6/h4-5,12H,2-3H2,1H3,(H2,9,11)(H,10,13)/t5-/m1/s1. The summed E-state index contributed by atoms with van der Waals surface area (Å²) in [5.41, 5.74) is 6.07. The van der Waals surface area contributed by atoms with Gasteiger partial charge in [-0.3, -0.25) is 4.79 Å². The van der Waals surface area contributed by atoms with Crippen LogP contribution in [-0.2, 0) is 11.2 Å². The maximum absolute atomic E-state index is 11.2. The number of aromatic nitrogens is 1. The third-order valence-corrected chi connectivity index (χ3v) is 2.23. The molecule has 1 amide bonds. The number of aliphatic hydroxyl groups is 1. The normalized spacial score (nSPS) is 12.4. The molecule has 0 unspecified atom stereocenters. The fraction of sp³-hybridized carbons (Fsp3) is 0.500. The zero-order valence-corrected chi connectivity index (χ0v) is 8.67. The molecule has 0 radical (unpaired) electrons. The molecular weight excluding hydrogens is 202 g/mol. The summed E-state index contributed by atoms with van der Waals surface area (Å²) in [4.78, 5) is 15.2. The molecule has 14 heavy (non-hydrogen) atoms. The van der Waals surface area contributed by atoms with Crippen molar-refractivity contribution < 1.29 is 9.90 Å². The number of rotatable bonds is 4. The van der Waals surface area contributed by atoms with Crippen LogP contribution in [0.15, 0.2) is 5.38 Å². The molecule has 0 saturated carbocycles. The predicted octanol–water partition coefficient (Wildman–Crippen LogP) is -0.235. The Morgan fingerprint density at radius 2 is 2.57 bits per heavy atom. The van der Waals surface area contributed by atoms with Gasteiger partial charge in [-0.05, 0) is 6.92 Å². The molecule has 0 aliphatic heterocycles. The molecule has 0 fully saturated rings. The fourth-order valence-corrected chi connectivity index (χ4v) is 1.46. The Bertz CT molecular complexity index is 311. The van der Waals surface area contributed by atoms with E-state index in [2.05, 4.69) is 10.3 Å². The van der Waals surface area contributed by atoms with E-state index in [1.54, 1.807) is 12.3 Å². The number of amides is 1. The maximum Gasteiger partial charge on any atom is 0.226 e. The Morgan fingerprint density at radius 3 is 3.07 bits per heavy atom. The summed E-state index contributed by atoms with van der Waals surface area (Å²) in [7, 11) is 0. The van der Waals surface area contributed by atoms with Gasteiger partial charge in [0.1, 0.15) is 0 Å². The third kappa shape index (κ3) is 3.71. The molecule has 0 saturated heterocycles. The van der Waals surface area contributed by atoms with Gasteiger partial charge in [-0.2, -0.15) is 0 Å². The molecule has 0 aliphatic carbocycles. The van der Waals surface area contributed by atoms with Crippen LogP contribution in [0.3, 0.4) is 0 Å². The summed E-state index contributed by atoms with van der Waals surface area (Å²) in [5, 5.41) is 13.7. The van der Waals surface area contributed by atoms with Gasteiger partial charge in [0.05, 0.1) is 18.2 Å². The first kappa shape index (κ1) is 10.9. The van der Waals surface area contributed by atoms with Gasteiger partial charge in [-0.25, -0.2) is 4.98 Å². The van der Waals surface area contributed by atoms with Gasteiger partial charge in [-0.15, -0.1) is 11.3 Å². The minimum absolute atomic E-state index is 0.156. The van der Waals surface area contributed by atoms with E-state index in [-0.39, 0.29) is 18.9 Å². The van der Waals surface area contributed by atoms with Gasteiger partial charge in [-0.1, -0.05) is 0 Å². The van der Waals surface area contributed by atoms with E-state index in [0.717, 1.165) is 0 Å². The van der Waals surface area contributed by atoms with Gasteiger partial charge in [0.2, 0.25) is 5.91 Å². The Kier molecular flexibility index (Phi) is 3.84. The second kappa shape index (κ2) is 4.92. The SMILES string of the molecule is C[C@@H](O)CNC(=O)Cc1csc(N)n1. The lowest BCUT2D eigenvalue weighted by Gasteiger charge is -2.05. The van der Waals surface area contributed by atoms with Crippen LogP contribution >= 0.6 is 11.3 Å². The molecule has 78 valence electrons. The molecule has 1 atom stereocenters. The zero-order chi connectivity index (χ0) is 10.6. The number of anilines is 1. The molecule has 0 aliphatic rings. The molecule has 1 aromatic heterocycles. The number of aliphatic hydroxyl groups excluding tert-OH is 1. The van der Waals surface area contributed by atoms with Crippen molar-refractivity contribution in [3.05, 3.63) is 11.1 Å². The Balaban J connectivity index is 2.34. The molecule has 4 N–H and O–H groups in total. The zero-order valence-electron chi connectivity index (χ0n) is 7.86. The number of nitrogens with zero attached hydrogens (tertiary/aromatic N) is 1. The van der Waals surface area contributed by atoms with Crippen molar-refractivity contribution in [1.82, 2.24) is 10.3 Å². The lowest BCUT2D eigenvalue weighted by Crippen LogP contribution is -2.31. The molecule has 0 bridgehead atoms. The lowest BCUT2D eigenvalue weighted by molar-refractivity contribution is -0.120. The summed E-state index contributed by atoms with van der Waals surface area (Å²) in [5.74, 6) is -0.156. The topological polar surface area (TPSA) is 88.2 Å². The monoisotopic (exact) mass is 215 g/mol. The van der Waals surface area contributed by atoms with Crippen LogP contribution in [0, 0.1) is 0 Å². The van der Waals surface area contributed by atoms with Gasteiger partial charge in [0.25, 0.3) is 0 Å². The average Bonchev–Trinajstić information content (AvgIpc) is 2.48. The van der Waals surface area contributed by atoms with Gasteiger partial charge >= 0.3 is 0 Å². The Labute approximate surface area is 86.0 Å². The predicted molar refractivity (Wildman–Crippen MR) is 54.9 cm³/mol. The smallest absolute Gasteiger partial charge is 0.226 e. The van der Waals surface area contributed by atoms with Crippen LogP contribution in [0.5, 0.6) is 0 Å². The van der Waals surface area contributed by atoms with E-state index in [0.29, 0.717) is 10.8 Å². The molecular formula is C8H13N3O2S. The first-order valence-corrected chi connectivity index (χ1v) is 5.10. The van der Waals surface area contributed by atoms with Crippen LogP contribution in [0.25, 0.3) is 0 Å². The Hall–Kier alpha value is -1.14. The van der Waals surface area contributed by atoms with Crippen LogP contribution in [0.1, 0.15) is 12.6 Å². The van der Waals surface area contributed by atoms with Crippen molar-refractivity contribution >= 4 is 22.4 Å².